The molecule has 0 atom stereocenters. The van der Waals surface area contributed by atoms with E-state index in [9.17, 15) is 14.7 Å². The maximum atomic E-state index is 12.8. The van der Waals surface area contributed by atoms with Gasteiger partial charge in [-0.25, -0.2) is 4.99 Å². The van der Waals surface area contributed by atoms with Crippen molar-refractivity contribution in [1.29, 1.82) is 0 Å². The first kappa shape index (κ1) is 23.4. The highest BCUT2D eigenvalue weighted by Crippen LogP contribution is 2.24. The maximum Gasteiger partial charge on any atom is 0.262 e. The number of aryl methyl sites for hydroxylation is 1. The van der Waals surface area contributed by atoms with Crippen LogP contribution in [0.15, 0.2) is 70.1 Å². The van der Waals surface area contributed by atoms with Crippen LogP contribution in [0, 0.1) is 4.77 Å². The van der Waals surface area contributed by atoms with E-state index < -0.39 is 5.56 Å². The monoisotopic (exact) mass is 474 g/mol. The molecular formula is C26H26N4O3S. The maximum absolute atomic E-state index is 12.8. The number of aromatic hydroxyl groups is 1. The van der Waals surface area contributed by atoms with E-state index >= 15 is 0 Å². The highest BCUT2D eigenvalue weighted by molar-refractivity contribution is 7.71. The van der Waals surface area contributed by atoms with Gasteiger partial charge in [0.05, 0.1) is 11.1 Å². The Kier molecular flexibility index (Phi) is 6.88. The lowest BCUT2D eigenvalue weighted by Crippen LogP contribution is -2.27. The average molecular weight is 475 g/mol. The summed E-state index contributed by atoms with van der Waals surface area (Å²) in [5, 5.41) is 12.8. The highest BCUT2D eigenvalue weighted by atomic mass is 32.1. The molecule has 3 aromatic rings. The molecule has 8 heteroatoms. The number of benzene rings is 2. The summed E-state index contributed by atoms with van der Waals surface area (Å²) in [7, 11) is 1.75. The van der Waals surface area contributed by atoms with E-state index in [0.717, 1.165) is 21.7 Å². The van der Waals surface area contributed by atoms with Crippen LogP contribution < -0.4 is 16.1 Å². The summed E-state index contributed by atoms with van der Waals surface area (Å²) in [4.78, 5) is 33.5. The quantitative estimate of drug-likeness (QED) is 0.515. The van der Waals surface area contributed by atoms with Crippen molar-refractivity contribution in [3.8, 4) is 5.88 Å². The predicted molar refractivity (Wildman–Crippen MR) is 134 cm³/mol. The standard InChI is InChI=1S/C26H26N4O3S/c1-17(31)29(2)14-13-20-19-10-6-7-11-22(19)27-23(20)16-21-24(32)28-26(34)30(25(21)33)15-12-18-8-4-3-5-9-18/h3-11,16,33H,12-15H2,1-2H3,(H,28,32,34)/b23-16-. The van der Waals surface area contributed by atoms with Crippen LogP contribution in [0.5, 0.6) is 5.88 Å². The van der Waals surface area contributed by atoms with Gasteiger partial charge in [0.25, 0.3) is 5.56 Å². The highest BCUT2D eigenvalue weighted by Gasteiger charge is 2.18. The van der Waals surface area contributed by atoms with Gasteiger partial charge in [0, 0.05) is 32.3 Å². The molecule has 2 aromatic carbocycles. The van der Waals surface area contributed by atoms with Gasteiger partial charge >= 0.3 is 0 Å². The van der Waals surface area contributed by atoms with Crippen LogP contribution in [-0.4, -0.2) is 39.1 Å². The fourth-order valence-electron chi connectivity index (χ4n) is 3.92. The molecule has 0 saturated carbocycles. The Balaban J connectivity index is 1.73. The predicted octanol–water partition coefficient (Wildman–Crippen LogP) is 2.55. The number of allylic oxidation sites excluding steroid dienone is 1. The number of fused-ring (bicyclic) bond motifs is 1. The van der Waals surface area contributed by atoms with Crippen molar-refractivity contribution < 1.29 is 9.90 Å². The van der Waals surface area contributed by atoms with Crippen molar-refractivity contribution in [2.24, 2.45) is 4.99 Å². The van der Waals surface area contributed by atoms with Gasteiger partial charge in [0.1, 0.15) is 5.56 Å². The molecule has 1 aliphatic rings. The molecule has 0 aliphatic carbocycles. The molecule has 2 N–H and O–H groups in total. The minimum atomic E-state index is -0.475. The van der Waals surface area contributed by atoms with Gasteiger partial charge < -0.3 is 10.0 Å². The van der Waals surface area contributed by atoms with Crippen LogP contribution in [-0.2, 0) is 17.8 Å². The summed E-state index contributed by atoms with van der Waals surface area (Å²) in [6, 6.07) is 17.6. The zero-order valence-electron chi connectivity index (χ0n) is 19.1. The molecule has 7 nitrogen and oxygen atoms in total. The Morgan fingerprint density at radius 3 is 2.59 bits per heavy atom. The first-order chi connectivity index (χ1) is 16.3. The zero-order chi connectivity index (χ0) is 24.2. The first-order valence-electron chi connectivity index (χ1n) is 11.1. The molecule has 1 amide bonds. The minimum Gasteiger partial charge on any atom is -0.494 e. The van der Waals surface area contributed by atoms with Gasteiger partial charge in [0.2, 0.25) is 11.8 Å². The molecule has 174 valence electrons. The second-order valence-corrected chi connectivity index (χ2v) is 8.60. The Morgan fingerprint density at radius 1 is 1.15 bits per heavy atom. The van der Waals surface area contributed by atoms with Gasteiger partial charge in [0.15, 0.2) is 4.77 Å². The van der Waals surface area contributed by atoms with Crippen molar-refractivity contribution in [3.63, 3.8) is 0 Å². The van der Waals surface area contributed by atoms with Crippen LogP contribution in [0.2, 0.25) is 0 Å². The third kappa shape index (κ3) is 4.92. The molecule has 1 aromatic heterocycles. The second-order valence-electron chi connectivity index (χ2n) is 8.21. The number of hydrogen-bond acceptors (Lipinski definition) is 5. The average Bonchev–Trinajstić information content (AvgIpc) is 3.17. The number of aromatic amines is 1. The van der Waals surface area contributed by atoms with Gasteiger partial charge in [-0.15, -0.1) is 0 Å². The summed E-state index contributed by atoms with van der Waals surface area (Å²) in [6.45, 7) is 2.45. The van der Waals surface area contributed by atoms with Gasteiger partial charge in [-0.1, -0.05) is 48.5 Å². The lowest BCUT2D eigenvalue weighted by molar-refractivity contribution is -0.127. The fourth-order valence-corrected chi connectivity index (χ4v) is 4.19. The van der Waals surface area contributed by atoms with E-state index in [1.54, 1.807) is 18.0 Å². The zero-order valence-corrected chi connectivity index (χ0v) is 19.9. The summed E-state index contributed by atoms with van der Waals surface area (Å²) in [6.07, 6.45) is 2.81. The van der Waals surface area contributed by atoms with E-state index in [2.05, 4.69) is 4.98 Å². The third-order valence-corrected chi connectivity index (χ3v) is 6.29. The Hall–Kier alpha value is -3.78. The van der Waals surface area contributed by atoms with Crippen molar-refractivity contribution in [1.82, 2.24) is 14.5 Å². The number of carbonyl (C=O) groups excluding carboxylic acids is 1. The molecular weight excluding hydrogens is 448 g/mol. The minimum absolute atomic E-state index is 0.0241. The van der Waals surface area contributed by atoms with Crippen LogP contribution in [0.25, 0.3) is 11.6 Å². The van der Waals surface area contributed by atoms with E-state index in [4.69, 9.17) is 17.2 Å². The van der Waals surface area contributed by atoms with Crippen LogP contribution in [0.4, 0.5) is 0 Å². The number of nitrogens with zero attached hydrogens (tertiary/aromatic N) is 3. The van der Waals surface area contributed by atoms with Crippen LogP contribution in [0.1, 0.15) is 24.5 Å². The molecule has 0 saturated heterocycles. The molecule has 0 radical (unpaired) electrons. The molecule has 0 spiro atoms. The molecule has 1 aliphatic heterocycles. The largest absolute Gasteiger partial charge is 0.494 e. The second kappa shape index (κ2) is 10.0. The molecule has 0 fully saturated rings. The van der Waals surface area contributed by atoms with E-state index in [0.29, 0.717) is 31.6 Å². The van der Waals surface area contributed by atoms with E-state index in [-0.39, 0.29) is 22.1 Å². The third-order valence-electron chi connectivity index (χ3n) is 5.97. The number of H-pyrrole nitrogens is 1. The summed E-state index contributed by atoms with van der Waals surface area (Å²) < 4.78 is 1.70. The fraction of sp³-hybridized carbons (Fsp3) is 0.231. The lowest BCUT2D eigenvalue weighted by atomic mass is 10.1. The first-order valence-corrected chi connectivity index (χ1v) is 11.5. The van der Waals surface area contributed by atoms with E-state index in [1.165, 1.54) is 11.5 Å². The number of aromatic nitrogens is 2. The number of nitrogens with one attached hydrogen (secondary N) is 1. The Bertz CT molecular complexity index is 1500. The van der Waals surface area contributed by atoms with Gasteiger partial charge in [-0.05, 0) is 48.3 Å². The Labute approximate surface area is 202 Å². The number of para-hydroxylation sites is 1. The molecule has 2 heterocycles. The van der Waals surface area contributed by atoms with Crippen molar-refractivity contribution in [2.75, 3.05) is 13.6 Å². The molecule has 34 heavy (non-hydrogen) atoms. The summed E-state index contributed by atoms with van der Waals surface area (Å²) >= 11 is 5.32. The number of amides is 1. The van der Waals surface area contributed by atoms with Crippen molar-refractivity contribution in [2.45, 2.75) is 26.3 Å². The van der Waals surface area contributed by atoms with Gasteiger partial charge in [-0.3, -0.25) is 19.1 Å². The Morgan fingerprint density at radius 2 is 1.85 bits per heavy atom. The number of rotatable bonds is 7. The van der Waals surface area contributed by atoms with Crippen molar-refractivity contribution in [3.05, 3.63) is 97.1 Å². The molecule has 0 unspecified atom stereocenters. The SMILES string of the molecule is CC(=O)N(C)CCC1=c2ccccc2=N/C1=C\c1c(O)n(CCc2ccccc2)c(=S)[nH]c1=O. The van der Waals surface area contributed by atoms with Crippen LogP contribution >= 0.6 is 12.2 Å². The number of carbonyl (C=O) groups is 1. The van der Waals surface area contributed by atoms with Crippen LogP contribution in [0.3, 0.4) is 0 Å². The number of hydrogen-bond donors (Lipinski definition) is 2. The normalized spacial score (nSPS) is 13.6. The molecule has 0 bridgehead atoms. The van der Waals surface area contributed by atoms with Crippen molar-refractivity contribution >= 4 is 29.8 Å². The molecule has 4 rings (SSSR count). The topological polar surface area (TPSA) is 90.7 Å². The summed E-state index contributed by atoms with van der Waals surface area (Å²) in [5.41, 5.74) is 2.23. The smallest absolute Gasteiger partial charge is 0.262 e. The van der Waals surface area contributed by atoms with Gasteiger partial charge in [-0.2, -0.15) is 0 Å². The summed E-state index contributed by atoms with van der Waals surface area (Å²) in [5.74, 6) is -0.215. The van der Waals surface area contributed by atoms with E-state index in [1.807, 2.05) is 54.6 Å². The lowest BCUT2D eigenvalue weighted by Gasteiger charge is -2.15.